The van der Waals surface area contributed by atoms with Crippen molar-refractivity contribution in [3.8, 4) is 22.8 Å². The molecule has 0 aliphatic carbocycles. The number of benzene rings is 3. The number of anilines is 1. The van der Waals surface area contributed by atoms with Crippen LogP contribution in [-0.2, 0) is 0 Å². The van der Waals surface area contributed by atoms with Gasteiger partial charge < -0.3 is 10.1 Å². The minimum atomic E-state index is -0.415. The molecule has 0 spiro atoms. The highest BCUT2D eigenvalue weighted by molar-refractivity contribution is 9.10. The van der Waals surface area contributed by atoms with E-state index in [2.05, 4.69) is 31.3 Å². The van der Waals surface area contributed by atoms with Gasteiger partial charge >= 0.3 is 0 Å². The zero-order chi connectivity index (χ0) is 22.0. The van der Waals surface area contributed by atoms with Gasteiger partial charge in [0.05, 0.1) is 12.8 Å². The van der Waals surface area contributed by atoms with Crippen molar-refractivity contribution in [3.63, 3.8) is 0 Å². The number of rotatable bonds is 5. The molecule has 4 rings (SSSR count). The summed E-state index contributed by atoms with van der Waals surface area (Å²) < 4.78 is 7.74. The Morgan fingerprint density at radius 1 is 1.06 bits per heavy atom. The number of ether oxygens (including phenoxy) is 1. The Morgan fingerprint density at radius 2 is 1.77 bits per heavy atom. The summed E-state index contributed by atoms with van der Waals surface area (Å²) in [5.41, 5.74) is 3.03. The van der Waals surface area contributed by atoms with Gasteiger partial charge in [0.15, 0.2) is 5.82 Å². The van der Waals surface area contributed by atoms with E-state index in [1.54, 1.807) is 36.1 Å². The molecule has 156 valence electrons. The predicted molar refractivity (Wildman–Crippen MR) is 125 cm³/mol. The summed E-state index contributed by atoms with van der Waals surface area (Å²) in [5, 5.41) is 7.94. The molecule has 31 heavy (non-hydrogen) atoms. The fourth-order valence-electron chi connectivity index (χ4n) is 3.05. The van der Waals surface area contributed by atoms with Gasteiger partial charge in [0.2, 0.25) is 5.82 Å². The lowest BCUT2D eigenvalue weighted by Gasteiger charge is -2.10. The van der Waals surface area contributed by atoms with E-state index in [0.717, 1.165) is 21.3 Å². The van der Waals surface area contributed by atoms with Crippen molar-refractivity contribution in [3.05, 3.63) is 87.6 Å². The first-order valence-electron chi connectivity index (χ1n) is 9.40. The third-order valence-electron chi connectivity index (χ3n) is 4.73. The quantitative estimate of drug-likeness (QED) is 0.372. The van der Waals surface area contributed by atoms with E-state index >= 15 is 0 Å². The summed E-state index contributed by atoms with van der Waals surface area (Å²) >= 11 is 9.77. The van der Waals surface area contributed by atoms with Crippen LogP contribution in [0.25, 0.3) is 17.1 Å². The number of halogens is 2. The first-order valence-corrected chi connectivity index (χ1v) is 10.6. The minimum absolute atomic E-state index is 0.0492. The van der Waals surface area contributed by atoms with Crippen molar-refractivity contribution in [1.82, 2.24) is 14.8 Å². The third kappa shape index (κ3) is 4.47. The van der Waals surface area contributed by atoms with Crippen LogP contribution in [0.1, 0.15) is 16.2 Å². The number of methoxy groups -OCH3 is 1. The SMILES string of the molecule is COc1ccc(NC(=O)c2nc(-c3ccc(Br)cc3)n(-c3cccc(Cl)c3C)n2)cc1. The van der Waals surface area contributed by atoms with Crippen LogP contribution < -0.4 is 10.1 Å². The number of hydrogen-bond acceptors (Lipinski definition) is 4. The zero-order valence-corrected chi connectivity index (χ0v) is 19.1. The highest BCUT2D eigenvalue weighted by Crippen LogP contribution is 2.28. The first kappa shape index (κ1) is 21.1. The molecular weight excluding hydrogens is 480 g/mol. The van der Waals surface area contributed by atoms with Crippen molar-refractivity contribution < 1.29 is 9.53 Å². The van der Waals surface area contributed by atoms with E-state index in [9.17, 15) is 4.79 Å². The molecule has 0 bridgehead atoms. The topological polar surface area (TPSA) is 69.0 Å². The maximum atomic E-state index is 12.9. The zero-order valence-electron chi connectivity index (χ0n) is 16.8. The van der Waals surface area contributed by atoms with Gasteiger partial charge in [-0.05, 0) is 61.0 Å². The summed E-state index contributed by atoms with van der Waals surface area (Å²) in [6, 6.07) is 20.2. The number of carbonyl (C=O) groups is 1. The standard InChI is InChI=1S/C23H18BrClN4O2/c1-14-19(25)4-3-5-20(14)29-22(15-6-8-16(24)9-7-15)27-21(28-29)23(30)26-17-10-12-18(31-2)13-11-17/h3-13H,1-2H3,(H,26,30). The average Bonchev–Trinajstić information content (AvgIpc) is 3.22. The van der Waals surface area contributed by atoms with Crippen molar-refractivity contribution in [2.75, 3.05) is 12.4 Å². The van der Waals surface area contributed by atoms with Crippen molar-refractivity contribution in [2.45, 2.75) is 6.92 Å². The van der Waals surface area contributed by atoms with Crippen LogP contribution in [0.2, 0.25) is 5.02 Å². The molecule has 1 heterocycles. The largest absolute Gasteiger partial charge is 0.497 e. The van der Waals surface area contributed by atoms with Gasteiger partial charge in [-0.25, -0.2) is 9.67 Å². The molecule has 4 aromatic rings. The lowest BCUT2D eigenvalue weighted by molar-refractivity contribution is 0.101. The van der Waals surface area contributed by atoms with Crippen LogP contribution in [0.5, 0.6) is 5.75 Å². The summed E-state index contributed by atoms with van der Waals surface area (Å²) in [7, 11) is 1.59. The molecule has 8 heteroatoms. The number of amides is 1. The van der Waals surface area contributed by atoms with Crippen LogP contribution in [0.3, 0.4) is 0 Å². The second-order valence-corrected chi connectivity index (χ2v) is 8.07. The Labute approximate surface area is 193 Å². The first-order chi connectivity index (χ1) is 15.0. The second kappa shape index (κ2) is 8.91. The van der Waals surface area contributed by atoms with Crippen molar-refractivity contribution >= 4 is 39.1 Å². The van der Waals surface area contributed by atoms with Gasteiger partial charge in [-0.2, -0.15) is 0 Å². The van der Waals surface area contributed by atoms with Gasteiger partial charge in [0.25, 0.3) is 5.91 Å². The molecule has 3 aromatic carbocycles. The van der Waals surface area contributed by atoms with Crippen LogP contribution in [0.4, 0.5) is 5.69 Å². The molecule has 0 fully saturated rings. The number of aromatic nitrogens is 3. The molecule has 1 aromatic heterocycles. The fraction of sp³-hybridized carbons (Fsp3) is 0.0870. The highest BCUT2D eigenvalue weighted by atomic mass is 79.9. The molecule has 0 aliphatic rings. The Balaban J connectivity index is 1.76. The Morgan fingerprint density at radius 3 is 2.45 bits per heavy atom. The molecule has 0 aliphatic heterocycles. The van der Waals surface area contributed by atoms with E-state index in [1.165, 1.54) is 0 Å². The Hall–Kier alpha value is -3.16. The normalized spacial score (nSPS) is 10.7. The fourth-order valence-corrected chi connectivity index (χ4v) is 3.48. The molecule has 0 atom stereocenters. The van der Waals surface area contributed by atoms with Gasteiger partial charge in [-0.3, -0.25) is 4.79 Å². The van der Waals surface area contributed by atoms with Crippen molar-refractivity contribution in [1.29, 1.82) is 0 Å². The summed E-state index contributed by atoms with van der Waals surface area (Å²) in [6.45, 7) is 1.90. The monoisotopic (exact) mass is 496 g/mol. The minimum Gasteiger partial charge on any atom is -0.497 e. The van der Waals surface area contributed by atoms with Gasteiger partial charge in [0, 0.05) is 20.7 Å². The molecule has 0 saturated carbocycles. The van der Waals surface area contributed by atoms with Gasteiger partial charge in [-0.15, -0.1) is 5.10 Å². The van der Waals surface area contributed by atoms with E-state index in [0.29, 0.717) is 22.3 Å². The maximum absolute atomic E-state index is 12.9. The van der Waals surface area contributed by atoms with Crippen LogP contribution in [0.15, 0.2) is 71.2 Å². The second-order valence-electron chi connectivity index (χ2n) is 6.74. The third-order valence-corrected chi connectivity index (χ3v) is 5.67. The Bertz CT molecular complexity index is 1240. The molecule has 1 amide bonds. The number of nitrogens with zero attached hydrogens (tertiary/aromatic N) is 3. The molecular formula is C23H18BrClN4O2. The smallest absolute Gasteiger partial charge is 0.295 e. The van der Waals surface area contributed by atoms with E-state index in [-0.39, 0.29) is 5.82 Å². The summed E-state index contributed by atoms with van der Waals surface area (Å²) in [4.78, 5) is 17.4. The Kier molecular flexibility index (Phi) is 6.06. The van der Waals surface area contributed by atoms with Crippen LogP contribution >= 0.6 is 27.5 Å². The summed E-state index contributed by atoms with van der Waals surface area (Å²) in [6.07, 6.45) is 0. The lowest BCUT2D eigenvalue weighted by atomic mass is 10.1. The van der Waals surface area contributed by atoms with Gasteiger partial charge in [-0.1, -0.05) is 45.7 Å². The van der Waals surface area contributed by atoms with Gasteiger partial charge in [0.1, 0.15) is 5.75 Å². The lowest BCUT2D eigenvalue weighted by Crippen LogP contribution is -2.14. The van der Waals surface area contributed by atoms with Crippen molar-refractivity contribution in [2.24, 2.45) is 0 Å². The molecule has 0 radical (unpaired) electrons. The van der Waals surface area contributed by atoms with Crippen LogP contribution in [-0.4, -0.2) is 27.8 Å². The van der Waals surface area contributed by atoms with Crippen LogP contribution in [0, 0.1) is 6.92 Å². The molecule has 0 unspecified atom stereocenters. The number of carbonyl (C=O) groups excluding carboxylic acids is 1. The predicted octanol–water partition coefficient (Wildman–Crippen LogP) is 5.92. The molecule has 6 nitrogen and oxygen atoms in total. The molecule has 1 N–H and O–H groups in total. The number of hydrogen-bond donors (Lipinski definition) is 1. The molecule has 0 saturated heterocycles. The van der Waals surface area contributed by atoms with E-state index in [4.69, 9.17) is 16.3 Å². The highest BCUT2D eigenvalue weighted by Gasteiger charge is 2.20. The van der Waals surface area contributed by atoms with E-state index in [1.807, 2.05) is 49.4 Å². The number of nitrogens with one attached hydrogen (secondary N) is 1. The average molecular weight is 498 g/mol. The summed E-state index contributed by atoms with van der Waals surface area (Å²) in [5.74, 6) is 0.877. The van der Waals surface area contributed by atoms with E-state index < -0.39 is 5.91 Å². The maximum Gasteiger partial charge on any atom is 0.295 e.